The van der Waals surface area contributed by atoms with Gasteiger partial charge in [-0.15, -0.1) is 0 Å². The Balaban J connectivity index is 5.18. The fourth-order valence-corrected chi connectivity index (χ4v) is 13.9. The molecule has 0 aromatic rings. The summed E-state index contributed by atoms with van der Waals surface area (Å²) in [4.78, 5) is 72.9. The highest BCUT2D eigenvalue weighted by Gasteiger charge is 2.30. The number of rotatable bonds is 80. The van der Waals surface area contributed by atoms with Crippen LogP contribution >= 0.6 is 15.6 Å². The lowest BCUT2D eigenvalue weighted by atomic mass is 10.0. The maximum atomic E-state index is 13.1. The zero-order valence-corrected chi connectivity index (χ0v) is 65.6. The molecule has 0 saturated heterocycles. The van der Waals surface area contributed by atoms with Crippen LogP contribution in [-0.4, -0.2) is 96.7 Å². The van der Waals surface area contributed by atoms with Gasteiger partial charge >= 0.3 is 39.5 Å². The van der Waals surface area contributed by atoms with E-state index in [0.29, 0.717) is 25.7 Å². The molecule has 3 N–H and O–H groups in total. The van der Waals surface area contributed by atoms with Crippen molar-refractivity contribution in [1.29, 1.82) is 0 Å². The van der Waals surface area contributed by atoms with Crippen molar-refractivity contribution in [3.63, 3.8) is 0 Å². The molecule has 0 aromatic heterocycles. The van der Waals surface area contributed by atoms with Crippen molar-refractivity contribution in [1.82, 2.24) is 0 Å². The van der Waals surface area contributed by atoms with E-state index in [-0.39, 0.29) is 25.7 Å². The van der Waals surface area contributed by atoms with Gasteiger partial charge in [-0.05, 0) is 25.7 Å². The van der Waals surface area contributed by atoms with Gasteiger partial charge in [-0.3, -0.25) is 37.3 Å². The van der Waals surface area contributed by atoms with Crippen molar-refractivity contribution < 1.29 is 80.2 Å². The number of hydrogen-bond donors (Lipinski definition) is 3. The van der Waals surface area contributed by atoms with Crippen molar-refractivity contribution in [3.8, 4) is 0 Å². The van der Waals surface area contributed by atoms with Crippen molar-refractivity contribution in [3.05, 3.63) is 0 Å². The van der Waals surface area contributed by atoms with Gasteiger partial charge < -0.3 is 33.8 Å². The molecule has 0 fully saturated rings. The molecule has 98 heavy (non-hydrogen) atoms. The first-order valence-corrected chi connectivity index (χ1v) is 44.3. The van der Waals surface area contributed by atoms with Crippen LogP contribution in [0.1, 0.15) is 426 Å². The maximum absolute atomic E-state index is 13.1. The molecule has 0 spiro atoms. The number of unbranched alkanes of at least 4 members (excludes halogenated alkanes) is 54. The number of carbonyl (C=O) groups excluding carboxylic acids is 4. The van der Waals surface area contributed by atoms with E-state index in [1.165, 1.54) is 257 Å². The number of esters is 4. The third-order valence-electron chi connectivity index (χ3n) is 18.6. The second-order valence-corrected chi connectivity index (χ2v) is 31.4. The first-order valence-electron chi connectivity index (χ1n) is 41.3. The maximum Gasteiger partial charge on any atom is 0.472 e. The highest BCUT2D eigenvalue weighted by atomic mass is 31.2. The highest BCUT2D eigenvalue weighted by molar-refractivity contribution is 7.47. The Morgan fingerprint density at radius 2 is 0.408 bits per heavy atom. The molecule has 0 aromatic carbocycles. The van der Waals surface area contributed by atoms with E-state index in [4.69, 9.17) is 37.0 Å². The van der Waals surface area contributed by atoms with E-state index in [2.05, 4.69) is 27.7 Å². The third kappa shape index (κ3) is 72.4. The molecule has 5 atom stereocenters. The summed E-state index contributed by atoms with van der Waals surface area (Å²) in [5.74, 6) is -2.11. The molecule has 17 nitrogen and oxygen atoms in total. The summed E-state index contributed by atoms with van der Waals surface area (Å²) in [5, 5.41) is 10.6. The summed E-state index contributed by atoms with van der Waals surface area (Å²) in [5.41, 5.74) is 0. The van der Waals surface area contributed by atoms with Crippen LogP contribution < -0.4 is 0 Å². The summed E-state index contributed by atoms with van der Waals surface area (Å²) >= 11 is 0. The predicted molar refractivity (Wildman–Crippen MR) is 400 cm³/mol. The molecular formula is C79H154O17P2. The van der Waals surface area contributed by atoms with Crippen LogP contribution in [0.5, 0.6) is 0 Å². The highest BCUT2D eigenvalue weighted by Crippen LogP contribution is 2.45. The Hall–Kier alpha value is -1.94. The average molecular weight is 1440 g/mol. The van der Waals surface area contributed by atoms with Gasteiger partial charge in [0, 0.05) is 25.7 Å². The molecule has 0 aliphatic carbocycles. The SMILES string of the molecule is CCCCCCCCCCCCCCCCCCCCCCCCC(=O)O[C@H](COC(=O)CCCCCCCCCCCCCCC)COP(=O)(O)OC[C@@H](O)COP(=O)(O)OC[C@@H](COC(=O)CCCCCCCCCCCCC)OC(=O)CCCCCCCCCCCCCC. The van der Waals surface area contributed by atoms with Gasteiger partial charge in [0.2, 0.25) is 0 Å². The number of hydrogen-bond acceptors (Lipinski definition) is 15. The van der Waals surface area contributed by atoms with Crippen LogP contribution in [0.25, 0.3) is 0 Å². The van der Waals surface area contributed by atoms with Crippen LogP contribution in [0.4, 0.5) is 0 Å². The Morgan fingerprint density at radius 1 is 0.245 bits per heavy atom. The van der Waals surface area contributed by atoms with Gasteiger partial charge in [-0.25, -0.2) is 9.13 Å². The molecule has 0 bridgehead atoms. The van der Waals surface area contributed by atoms with Crippen LogP contribution in [-0.2, 0) is 65.4 Å². The third-order valence-corrected chi connectivity index (χ3v) is 20.5. The average Bonchev–Trinajstić information content (AvgIpc) is 0.982. The lowest BCUT2D eigenvalue weighted by molar-refractivity contribution is -0.161. The summed E-state index contributed by atoms with van der Waals surface area (Å²) in [7, 11) is -9.91. The first-order chi connectivity index (χ1) is 47.7. The van der Waals surface area contributed by atoms with Crippen molar-refractivity contribution >= 4 is 39.5 Å². The summed E-state index contributed by atoms with van der Waals surface area (Å²) < 4.78 is 68.6. The van der Waals surface area contributed by atoms with Crippen LogP contribution in [0.2, 0.25) is 0 Å². The van der Waals surface area contributed by atoms with Gasteiger partial charge in [0.05, 0.1) is 26.4 Å². The van der Waals surface area contributed by atoms with Gasteiger partial charge in [0.1, 0.15) is 19.3 Å². The lowest BCUT2D eigenvalue weighted by Crippen LogP contribution is -2.30. The molecular weight excluding hydrogens is 1280 g/mol. The molecule has 0 radical (unpaired) electrons. The van der Waals surface area contributed by atoms with E-state index in [9.17, 15) is 43.2 Å². The predicted octanol–water partition coefficient (Wildman–Crippen LogP) is 23.8. The minimum absolute atomic E-state index is 0.108. The van der Waals surface area contributed by atoms with Crippen LogP contribution in [0, 0.1) is 0 Å². The van der Waals surface area contributed by atoms with E-state index >= 15 is 0 Å². The van der Waals surface area contributed by atoms with Gasteiger partial charge in [-0.2, -0.15) is 0 Å². The number of phosphoric acid groups is 2. The van der Waals surface area contributed by atoms with Crippen LogP contribution in [0.3, 0.4) is 0 Å². The Labute approximate surface area is 600 Å². The second-order valence-electron chi connectivity index (χ2n) is 28.5. The number of carbonyl (C=O) groups is 4. The lowest BCUT2D eigenvalue weighted by Gasteiger charge is -2.21. The molecule has 582 valence electrons. The molecule has 0 saturated carbocycles. The number of phosphoric ester groups is 2. The summed E-state index contributed by atoms with van der Waals surface area (Å²) in [6, 6.07) is 0. The number of aliphatic hydroxyl groups excluding tert-OH is 1. The largest absolute Gasteiger partial charge is 0.472 e. The molecule has 2 unspecified atom stereocenters. The fourth-order valence-electron chi connectivity index (χ4n) is 12.3. The minimum Gasteiger partial charge on any atom is -0.462 e. The van der Waals surface area contributed by atoms with E-state index in [0.717, 1.165) is 89.9 Å². The minimum atomic E-state index is -4.96. The Kier molecular flexibility index (Phi) is 71.9. The number of aliphatic hydroxyl groups is 1. The van der Waals surface area contributed by atoms with Crippen LogP contribution in [0.15, 0.2) is 0 Å². The monoisotopic (exact) mass is 1440 g/mol. The number of ether oxygens (including phenoxy) is 4. The normalized spacial score (nSPS) is 13.8. The standard InChI is InChI=1S/C79H154O17P2/c1-5-9-13-17-21-25-29-32-33-34-35-36-37-38-39-40-42-46-50-54-58-62-66-79(84)96-75(70-90-77(82)64-60-56-52-48-45-41-30-26-22-18-14-10-6-2)72-94-98(87,88)92-68-73(80)67-91-97(85,86)93-71-74(69-89-76(81)63-59-55-51-47-43-28-24-20-16-12-8-4)95-78(83)65-61-57-53-49-44-31-27-23-19-15-11-7-3/h73-75,80H,5-72H2,1-4H3,(H,85,86)(H,87,88)/t73-,74+,75+/m0/s1. The smallest absolute Gasteiger partial charge is 0.462 e. The van der Waals surface area contributed by atoms with Crippen molar-refractivity contribution in [2.75, 3.05) is 39.6 Å². The zero-order valence-electron chi connectivity index (χ0n) is 63.8. The molecule has 19 heteroatoms. The Bertz CT molecular complexity index is 1860. The first kappa shape index (κ1) is 96.1. The molecule has 0 aliphatic rings. The molecule has 0 amide bonds. The van der Waals surface area contributed by atoms with E-state index in [1.807, 2.05) is 0 Å². The second kappa shape index (κ2) is 73.4. The molecule has 0 aliphatic heterocycles. The molecule has 0 heterocycles. The zero-order chi connectivity index (χ0) is 71.8. The molecule has 0 rings (SSSR count). The van der Waals surface area contributed by atoms with E-state index in [1.54, 1.807) is 0 Å². The van der Waals surface area contributed by atoms with Gasteiger partial charge in [-0.1, -0.05) is 374 Å². The fraction of sp³-hybridized carbons (Fsp3) is 0.949. The van der Waals surface area contributed by atoms with Crippen molar-refractivity contribution in [2.45, 2.75) is 444 Å². The summed E-state index contributed by atoms with van der Waals surface area (Å²) in [6.45, 7) is 5.00. The van der Waals surface area contributed by atoms with Gasteiger partial charge in [0.15, 0.2) is 12.2 Å². The van der Waals surface area contributed by atoms with Crippen molar-refractivity contribution in [2.24, 2.45) is 0 Å². The van der Waals surface area contributed by atoms with Gasteiger partial charge in [0.25, 0.3) is 0 Å². The van der Waals surface area contributed by atoms with E-state index < -0.39 is 97.5 Å². The Morgan fingerprint density at radius 3 is 0.602 bits per heavy atom. The topological polar surface area (TPSA) is 237 Å². The quantitative estimate of drug-likeness (QED) is 0.0222. The summed E-state index contributed by atoms with van der Waals surface area (Å²) in [6.07, 6.45) is 65.2.